The van der Waals surface area contributed by atoms with E-state index < -0.39 is 0 Å². The van der Waals surface area contributed by atoms with Crippen LogP contribution in [0.25, 0.3) is 0 Å². The molecule has 0 aromatic heterocycles. The van der Waals surface area contributed by atoms with Gasteiger partial charge in [-0.2, -0.15) is 0 Å². The van der Waals surface area contributed by atoms with Gasteiger partial charge in [-0.25, -0.2) is 4.99 Å². The van der Waals surface area contributed by atoms with Crippen molar-refractivity contribution in [3.8, 4) is 11.5 Å². The molecule has 0 radical (unpaired) electrons. The van der Waals surface area contributed by atoms with Crippen molar-refractivity contribution >= 4 is 34.6 Å². The second-order valence-corrected chi connectivity index (χ2v) is 5.91. The molecule has 2 heterocycles. The number of thiocarbonyl (C=S) groups is 1. The van der Waals surface area contributed by atoms with Crippen molar-refractivity contribution in [3.05, 3.63) is 17.7 Å². The zero-order chi connectivity index (χ0) is 16.4. The molecule has 2 aliphatic heterocycles. The Morgan fingerprint density at radius 2 is 1.91 bits per heavy atom. The highest BCUT2D eigenvalue weighted by Crippen LogP contribution is 2.37. The highest BCUT2D eigenvalue weighted by atomic mass is 32.1. The van der Waals surface area contributed by atoms with Gasteiger partial charge >= 0.3 is 0 Å². The molecule has 1 saturated heterocycles. The number of aliphatic imine (C=N–C) groups is 1. The second kappa shape index (κ2) is 6.54. The smallest absolute Gasteiger partial charge is 0.272 e. The van der Waals surface area contributed by atoms with Gasteiger partial charge in [-0.05, 0) is 31.1 Å². The number of amides is 1. The highest BCUT2D eigenvalue weighted by Gasteiger charge is 2.24. The number of nitrogens with zero attached hydrogens (tertiary/aromatic N) is 2. The van der Waals surface area contributed by atoms with Crippen molar-refractivity contribution in [1.29, 1.82) is 0 Å². The number of carbonyl (C=O) groups excluding carboxylic acids is 1. The first-order valence-electron chi connectivity index (χ1n) is 7.55. The second-order valence-electron chi connectivity index (χ2n) is 5.52. The summed E-state index contributed by atoms with van der Waals surface area (Å²) in [6, 6.07) is 3.90. The Morgan fingerprint density at radius 3 is 2.48 bits per heavy atom. The molecule has 2 aliphatic rings. The third kappa shape index (κ3) is 3.14. The third-order valence-corrected chi connectivity index (χ3v) is 4.30. The maximum atomic E-state index is 11.8. The van der Waals surface area contributed by atoms with Crippen LogP contribution < -0.4 is 19.7 Å². The van der Waals surface area contributed by atoms with Gasteiger partial charge < -0.3 is 14.4 Å². The molecule has 0 unspecified atom stereocenters. The van der Waals surface area contributed by atoms with Gasteiger partial charge in [-0.15, -0.1) is 0 Å². The summed E-state index contributed by atoms with van der Waals surface area (Å²) >= 11 is 4.91. The number of anilines is 1. The first-order valence-corrected chi connectivity index (χ1v) is 7.96. The molecule has 23 heavy (non-hydrogen) atoms. The number of rotatable bonds is 5. The number of benzene rings is 1. The lowest BCUT2D eigenvalue weighted by Crippen LogP contribution is -2.26. The topological polar surface area (TPSA) is 63.2 Å². The van der Waals surface area contributed by atoms with Crippen LogP contribution in [0.3, 0.4) is 0 Å². The largest absolute Gasteiger partial charge is 0.496 e. The summed E-state index contributed by atoms with van der Waals surface area (Å²) < 4.78 is 11.1. The van der Waals surface area contributed by atoms with Crippen LogP contribution in [-0.2, 0) is 11.2 Å². The Hall–Kier alpha value is -2.15. The highest BCUT2D eigenvalue weighted by molar-refractivity contribution is 7.80. The number of hydrogen-bond donors (Lipinski definition) is 1. The molecule has 0 bridgehead atoms. The lowest BCUT2D eigenvalue weighted by Gasteiger charge is -2.22. The van der Waals surface area contributed by atoms with Crippen LogP contribution in [0.1, 0.15) is 18.4 Å². The number of methoxy groups -OCH3 is 2. The molecule has 122 valence electrons. The quantitative estimate of drug-likeness (QED) is 0.831. The zero-order valence-electron chi connectivity index (χ0n) is 13.2. The van der Waals surface area contributed by atoms with E-state index in [1.54, 1.807) is 14.2 Å². The van der Waals surface area contributed by atoms with E-state index in [1.807, 2.05) is 12.1 Å². The molecule has 1 N–H and O–H groups in total. The van der Waals surface area contributed by atoms with E-state index in [1.165, 1.54) is 12.8 Å². The maximum absolute atomic E-state index is 11.8. The molecular weight excluding hydrogens is 314 g/mol. The summed E-state index contributed by atoms with van der Waals surface area (Å²) in [5.74, 6) is 1.25. The molecule has 0 atom stereocenters. The standard InChI is InChI=1S/C16H19N3O3S/c1-21-13-9-12(19-5-3-4-6-19)14(22-2)8-10(13)7-11-15(20)18-16(23)17-11/h8-9H,3-7H2,1-2H3,(H,18,20,23). The molecule has 0 aliphatic carbocycles. The monoisotopic (exact) mass is 333 g/mol. The van der Waals surface area contributed by atoms with Crippen LogP contribution in [0.15, 0.2) is 17.1 Å². The average molecular weight is 333 g/mol. The summed E-state index contributed by atoms with van der Waals surface area (Å²) in [7, 11) is 3.28. The van der Waals surface area contributed by atoms with E-state index >= 15 is 0 Å². The van der Waals surface area contributed by atoms with Gasteiger partial charge in [0.1, 0.15) is 17.2 Å². The van der Waals surface area contributed by atoms with Crippen LogP contribution in [0.4, 0.5) is 5.69 Å². The summed E-state index contributed by atoms with van der Waals surface area (Å²) in [6.07, 6.45) is 2.72. The van der Waals surface area contributed by atoms with E-state index in [-0.39, 0.29) is 11.0 Å². The number of ether oxygens (including phenoxy) is 2. The zero-order valence-corrected chi connectivity index (χ0v) is 14.0. The van der Waals surface area contributed by atoms with E-state index in [4.69, 9.17) is 21.7 Å². The normalized spacial score (nSPS) is 17.3. The predicted octanol–water partition coefficient (Wildman–Crippen LogP) is 1.70. The summed E-state index contributed by atoms with van der Waals surface area (Å²) in [6.45, 7) is 2.03. The summed E-state index contributed by atoms with van der Waals surface area (Å²) in [5, 5.41) is 2.73. The molecule has 3 rings (SSSR count). The molecule has 0 spiro atoms. The van der Waals surface area contributed by atoms with E-state index in [0.717, 1.165) is 35.8 Å². The maximum Gasteiger partial charge on any atom is 0.272 e. The van der Waals surface area contributed by atoms with E-state index in [0.29, 0.717) is 12.1 Å². The van der Waals surface area contributed by atoms with Crippen LogP contribution in [0.2, 0.25) is 0 Å². The fraction of sp³-hybridized carbons (Fsp3) is 0.438. The minimum absolute atomic E-state index is 0.213. The minimum atomic E-state index is -0.250. The number of nitrogens with one attached hydrogen (secondary N) is 1. The SMILES string of the molecule is COc1cc(N2CCCC2)c(OC)cc1CC1=NC(=S)NC1=O. The van der Waals surface area contributed by atoms with Gasteiger partial charge in [-0.3, -0.25) is 10.1 Å². The van der Waals surface area contributed by atoms with Gasteiger partial charge in [-0.1, -0.05) is 0 Å². The Bertz CT molecular complexity index is 681. The van der Waals surface area contributed by atoms with Crippen molar-refractivity contribution in [2.75, 3.05) is 32.2 Å². The fourth-order valence-corrected chi connectivity index (χ4v) is 3.16. The van der Waals surface area contributed by atoms with Crippen molar-refractivity contribution in [2.45, 2.75) is 19.3 Å². The number of hydrogen-bond acceptors (Lipinski definition) is 5. The molecule has 0 saturated carbocycles. The Kier molecular flexibility index (Phi) is 4.47. The molecular formula is C16H19N3O3S. The minimum Gasteiger partial charge on any atom is -0.496 e. The molecule has 7 heteroatoms. The van der Waals surface area contributed by atoms with Gasteiger partial charge in [0.15, 0.2) is 5.11 Å². The van der Waals surface area contributed by atoms with Crippen molar-refractivity contribution in [1.82, 2.24) is 5.32 Å². The van der Waals surface area contributed by atoms with Crippen LogP contribution >= 0.6 is 12.2 Å². The lowest BCUT2D eigenvalue weighted by molar-refractivity contribution is -0.113. The number of carbonyl (C=O) groups is 1. The molecule has 1 fully saturated rings. The van der Waals surface area contributed by atoms with Gasteiger partial charge in [0.05, 0.1) is 19.9 Å². The average Bonchev–Trinajstić information content (AvgIpc) is 3.17. The molecule has 6 nitrogen and oxygen atoms in total. The van der Waals surface area contributed by atoms with E-state index in [2.05, 4.69) is 15.2 Å². The molecule has 1 aromatic carbocycles. The Morgan fingerprint density at radius 1 is 1.22 bits per heavy atom. The van der Waals surface area contributed by atoms with Crippen LogP contribution in [0, 0.1) is 0 Å². The van der Waals surface area contributed by atoms with Crippen LogP contribution in [-0.4, -0.2) is 44.0 Å². The van der Waals surface area contributed by atoms with Gasteiger partial charge in [0, 0.05) is 31.1 Å². The van der Waals surface area contributed by atoms with Gasteiger partial charge in [0.2, 0.25) is 0 Å². The fourth-order valence-electron chi connectivity index (χ4n) is 2.96. The first kappa shape index (κ1) is 15.7. The van der Waals surface area contributed by atoms with Crippen LogP contribution in [0.5, 0.6) is 11.5 Å². The summed E-state index contributed by atoms with van der Waals surface area (Å²) in [4.78, 5) is 18.2. The third-order valence-electron chi connectivity index (χ3n) is 4.11. The van der Waals surface area contributed by atoms with Crippen molar-refractivity contribution in [3.63, 3.8) is 0 Å². The van der Waals surface area contributed by atoms with Gasteiger partial charge in [0.25, 0.3) is 5.91 Å². The Balaban J connectivity index is 1.95. The molecule has 1 aromatic rings. The van der Waals surface area contributed by atoms with Crippen molar-refractivity contribution < 1.29 is 14.3 Å². The van der Waals surface area contributed by atoms with Crippen molar-refractivity contribution in [2.24, 2.45) is 4.99 Å². The van der Waals surface area contributed by atoms with E-state index in [9.17, 15) is 4.79 Å². The predicted molar refractivity (Wildman–Crippen MR) is 92.9 cm³/mol. The first-order chi connectivity index (χ1) is 11.1. The Labute approximate surface area is 140 Å². The summed E-state index contributed by atoms with van der Waals surface area (Å²) in [5.41, 5.74) is 2.27. The lowest BCUT2D eigenvalue weighted by atomic mass is 10.0. The molecule has 1 amide bonds.